The summed E-state index contributed by atoms with van der Waals surface area (Å²) < 4.78 is 0. The van der Waals surface area contributed by atoms with Crippen LogP contribution in [0.1, 0.15) is 36.5 Å². The molecule has 0 aliphatic carbocycles. The summed E-state index contributed by atoms with van der Waals surface area (Å²) in [4.78, 5) is 0. The minimum atomic E-state index is 0.525. The zero-order chi connectivity index (χ0) is 14.0. The summed E-state index contributed by atoms with van der Waals surface area (Å²) >= 11 is 0. The van der Waals surface area contributed by atoms with Crippen LogP contribution in [0.5, 0.6) is 0 Å². The average molecular weight is 254 g/mol. The highest BCUT2D eigenvalue weighted by molar-refractivity contribution is 5.74. The van der Waals surface area contributed by atoms with Gasteiger partial charge in [0.25, 0.3) is 0 Å². The third kappa shape index (κ3) is 3.08. The predicted molar refractivity (Wildman–Crippen MR) is 84.1 cm³/mol. The Kier molecular flexibility index (Phi) is 3.79. The molecular weight excluding hydrogens is 232 g/mol. The normalized spacial score (nSPS) is 10.8. The first kappa shape index (κ1) is 13.5. The molecule has 0 atom stereocenters. The van der Waals surface area contributed by atoms with E-state index in [-0.39, 0.29) is 0 Å². The molecule has 0 aliphatic heterocycles. The Bertz CT molecular complexity index is 586. The van der Waals surface area contributed by atoms with Gasteiger partial charge in [-0.1, -0.05) is 32.0 Å². The first-order valence-electron chi connectivity index (χ1n) is 6.71. The second-order valence-electron chi connectivity index (χ2n) is 5.44. The lowest BCUT2D eigenvalue weighted by molar-refractivity contribution is 0.866. The maximum absolute atomic E-state index is 6.05. The Hall–Kier alpha value is -1.96. The van der Waals surface area contributed by atoms with Gasteiger partial charge < -0.3 is 11.1 Å². The lowest BCUT2D eigenvalue weighted by Gasteiger charge is -2.15. The Labute approximate surface area is 115 Å². The first-order valence-corrected chi connectivity index (χ1v) is 6.71. The van der Waals surface area contributed by atoms with E-state index in [0.29, 0.717) is 5.92 Å². The molecule has 0 bridgehead atoms. The van der Waals surface area contributed by atoms with Crippen LogP contribution in [0.15, 0.2) is 36.4 Å². The molecule has 2 rings (SSSR count). The Morgan fingerprint density at radius 1 is 0.947 bits per heavy atom. The van der Waals surface area contributed by atoms with Gasteiger partial charge in [0.05, 0.1) is 11.4 Å². The van der Waals surface area contributed by atoms with Crippen molar-refractivity contribution in [2.45, 2.75) is 33.6 Å². The third-order valence-electron chi connectivity index (χ3n) is 3.40. The molecule has 2 heteroatoms. The fraction of sp³-hybridized carbons (Fsp3) is 0.294. The van der Waals surface area contributed by atoms with Crippen LogP contribution in [-0.2, 0) is 0 Å². The smallest absolute Gasteiger partial charge is 0.0618 e. The topological polar surface area (TPSA) is 38.0 Å². The lowest BCUT2D eigenvalue weighted by atomic mass is 10.0. The molecule has 100 valence electrons. The van der Waals surface area contributed by atoms with E-state index < -0.39 is 0 Å². The van der Waals surface area contributed by atoms with Gasteiger partial charge in [-0.25, -0.2) is 0 Å². The summed E-state index contributed by atoms with van der Waals surface area (Å²) in [5, 5.41) is 3.44. The maximum Gasteiger partial charge on any atom is 0.0618 e. The zero-order valence-electron chi connectivity index (χ0n) is 12.1. The SMILES string of the molecule is Cc1ccc(Nc2cc(C(C)C)ccc2C)c(N)c1. The predicted octanol–water partition coefficient (Wildman–Crippen LogP) is 4.75. The molecule has 2 aromatic rings. The van der Waals surface area contributed by atoms with Crippen molar-refractivity contribution in [2.24, 2.45) is 0 Å². The fourth-order valence-electron chi connectivity index (χ4n) is 2.07. The van der Waals surface area contributed by atoms with Gasteiger partial charge in [-0.05, 0) is 54.7 Å². The van der Waals surface area contributed by atoms with E-state index in [2.05, 4.69) is 50.4 Å². The number of anilines is 3. The van der Waals surface area contributed by atoms with Gasteiger partial charge in [-0.2, -0.15) is 0 Å². The van der Waals surface area contributed by atoms with Crippen LogP contribution in [0.3, 0.4) is 0 Å². The number of nitrogen functional groups attached to an aromatic ring is 1. The summed E-state index contributed by atoms with van der Waals surface area (Å²) in [6.45, 7) is 8.56. The summed E-state index contributed by atoms with van der Waals surface area (Å²) in [7, 11) is 0. The fourth-order valence-corrected chi connectivity index (χ4v) is 2.07. The van der Waals surface area contributed by atoms with Crippen LogP contribution in [0.2, 0.25) is 0 Å². The summed E-state index contributed by atoms with van der Waals surface area (Å²) in [6.07, 6.45) is 0. The third-order valence-corrected chi connectivity index (χ3v) is 3.40. The minimum absolute atomic E-state index is 0.525. The van der Waals surface area contributed by atoms with Crippen molar-refractivity contribution < 1.29 is 0 Å². The standard InChI is InChI=1S/C17H22N2/c1-11(2)14-7-6-13(4)17(10-14)19-16-8-5-12(3)9-15(16)18/h5-11,19H,18H2,1-4H3. The average Bonchev–Trinajstić information content (AvgIpc) is 2.34. The lowest BCUT2D eigenvalue weighted by Crippen LogP contribution is -1.99. The van der Waals surface area contributed by atoms with E-state index in [0.717, 1.165) is 17.1 Å². The molecule has 0 saturated heterocycles. The number of hydrogen-bond acceptors (Lipinski definition) is 2. The molecule has 2 aromatic carbocycles. The number of hydrogen-bond donors (Lipinski definition) is 2. The van der Waals surface area contributed by atoms with E-state index >= 15 is 0 Å². The summed E-state index contributed by atoms with van der Waals surface area (Å²) in [6, 6.07) is 12.6. The molecule has 0 spiro atoms. The molecule has 0 amide bonds. The molecule has 0 radical (unpaired) electrons. The van der Waals surface area contributed by atoms with Gasteiger partial charge in [0, 0.05) is 5.69 Å². The quantitative estimate of drug-likeness (QED) is 0.775. The van der Waals surface area contributed by atoms with E-state index in [4.69, 9.17) is 5.73 Å². The number of rotatable bonds is 3. The first-order chi connectivity index (χ1) is 8.97. The largest absolute Gasteiger partial charge is 0.397 e. The maximum atomic E-state index is 6.05. The molecule has 3 N–H and O–H groups in total. The molecule has 0 fully saturated rings. The Morgan fingerprint density at radius 2 is 1.68 bits per heavy atom. The van der Waals surface area contributed by atoms with Crippen molar-refractivity contribution in [2.75, 3.05) is 11.1 Å². The van der Waals surface area contributed by atoms with Crippen LogP contribution >= 0.6 is 0 Å². The molecule has 0 unspecified atom stereocenters. The minimum Gasteiger partial charge on any atom is -0.397 e. The Morgan fingerprint density at radius 3 is 2.32 bits per heavy atom. The van der Waals surface area contributed by atoms with Crippen LogP contribution in [0, 0.1) is 13.8 Å². The number of benzene rings is 2. The van der Waals surface area contributed by atoms with E-state index in [1.54, 1.807) is 0 Å². The highest BCUT2D eigenvalue weighted by Crippen LogP contribution is 2.28. The van der Waals surface area contributed by atoms with Crippen molar-refractivity contribution in [1.29, 1.82) is 0 Å². The van der Waals surface area contributed by atoms with Crippen LogP contribution < -0.4 is 11.1 Å². The van der Waals surface area contributed by atoms with Gasteiger partial charge in [0.15, 0.2) is 0 Å². The van der Waals surface area contributed by atoms with Gasteiger partial charge in [0.2, 0.25) is 0 Å². The molecular formula is C17H22N2. The second kappa shape index (κ2) is 5.35. The number of aryl methyl sites for hydroxylation is 2. The monoisotopic (exact) mass is 254 g/mol. The van der Waals surface area contributed by atoms with Crippen molar-refractivity contribution in [3.05, 3.63) is 53.1 Å². The zero-order valence-corrected chi connectivity index (χ0v) is 12.1. The highest BCUT2D eigenvalue weighted by Gasteiger charge is 2.06. The van der Waals surface area contributed by atoms with Crippen molar-refractivity contribution in [3.63, 3.8) is 0 Å². The molecule has 19 heavy (non-hydrogen) atoms. The molecule has 0 aliphatic rings. The highest BCUT2D eigenvalue weighted by atomic mass is 14.9. The van der Waals surface area contributed by atoms with E-state index in [1.807, 2.05) is 19.1 Å². The van der Waals surface area contributed by atoms with Crippen molar-refractivity contribution >= 4 is 17.1 Å². The molecule has 0 aromatic heterocycles. The van der Waals surface area contributed by atoms with Gasteiger partial charge in [-0.3, -0.25) is 0 Å². The van der Waals surface area contributed by atoms with Crippen LogP contribution in [0.25, 0.3) is 0 Å². The van der Waals surface area contributed by atoms with Crippen LogP contribution in [0.4, 0.5) is 17.1 Å². The second-order valence-corrected chi connectivity index (χ2v) is 5.44. The van der Waals surface area contributed by atoms with Crippen molar-refractivity contribution in [3.8, 4) is 0 Å². The Balaban J connectivity index is 2.34. The molecule has 2 nitrogen and oxygen atoms in total. The van der Waals surface area contributed by atoms with Gasteiger partial charge >= 0.3 is 0 Å². The van der Waals surface area contributed by atoms with Crippen molar-refractivity contribution in [1.82, 2.24) is 0 Å². The van der Waals surface area contributed by atoms with Gasteiger partial charge in [0.1, 0.15) is 0 Å². The number of nitrogens with one attached hydrogen (secondary N) is 1. The van der Waals surface area contributed by atoms with E-state index in [9.17, 15) is 0 Å². The molecule has 0 saturated carbocycles. The van der Waals surface area contributed by atoms with Gasteiger partial charge in [-0.15, -0.1) is 0 Å². The number of nitrogens with two attached hydrogens (primary N) is 1. The molecule has 0 heterocycles. The summed E-state index contributed by atoms with van der Waals surface area (Å²) in [5.74, 6) is 0.525. The van der Waals surface area contributed by atoms with Crippen LogP contribution in [-0.4, -0.2) is 0 Å². The summed E-state index contributed by atoms with van der Waals surface area (Å²) in [5.41, 5.74) is 12.7. The van der Waals surface area contributed by atoms with E-state index in [1.165, 1.54) is 16.7 Å².